The van der Waals surface area contributed by atoms with Gasteiger partial charge in [0.05, 0.1) is 12.4 Å². The van der Waals surface area contributed by atoms with Crippen LogP contribution < -0.4 is 9.88 Å². The minimum absolute atomic E-state index is 0.161. The number of rotatable bonds is 5. The van der Waals surface area contributed by atoms with Gasteiger partial charge >= 0.3 is 0 Å². The predicted molar refractivity (Wildman–Crippen MR) is 87.7 cm³/mol. The van der Waals surface area contributed by atoms with Crippen molar-refractivity contribution in [2.24, 2.45) is 10.6 Å². The average Bonchev–Trinajstić information content (AvgIpc) is 2.90. The summed E-state index contributed by atoms with van der Waals surface area (Å²) >= 11 is 0. The third-order valence-corrected chi connectivity index (χ3v) is 4.59. The van der Waals surface area contributed by atoms with E-state index in [2.05, 4.69) is 10.1 Å². The fourth-order valence-corrected chi connectivity index (χ4v) is 3.72. The van der Waals surface area contributed by atoms with Gasteiger partial charge in [0.25, 0.3) is 0 Å². The zero-order valence-corrected chi connectivity index (χ0v) is 13.7. The lowest BCUT2D eigenvalue weighted by Crippen LogP contribution is -2.33. The molecule has 122 valence electrons. The van der Waals surface area contributed by atoms with E-state index in [1.807, 2.05) is 24.3 Å². The smallest absolute Gasteiger partial charge is 0.239 e. The molecule has 1 aromatic carbocycles. The summed E-state index contributed by atoms with van der Waals surface area (Å²) in [7, 11) is -3.57. The monoisotopic (exact) mass is 334 g/mol. The van der Waals surface area contributed by atoms with E-state index in [9.17, 15) is 8.42 Å². The zero-order valence-electron chi connectivity index (χ0n) is 12.9. The van der Waals surface area contributed by atoms with E-state index >= 15 is 0 Å². The first-order valence-corrected chi connectivity index (χ1v) is 8.82. The van der Waals surface area contributed by atoms with Crippen LogP contribution in [0.3, 0.4) is 0 Å². The highest BCUT2D eigenvalue weighted by Gasteiger charge is 2.25. The van der Waals surface area contributed by atoms with Gasteiger partial charge in [-0.3, -0.25) is 0 Å². The van der Waals surface area contributed by atoms with E-state index in [0.29, 0.717) is 5.88 Å². The molecule has 2 N–H and O–H groups in total. The number of imidazole rings is 1. The van der Waals surface area contributed by atoms with Crippen LogP contribution in [0.1, 0.15) is 13.8 Å². The van der Waals surface area contributed by atoms with Crippen LogP contribution in [0.2, 0.25) is 0 Å². The van der Waals surface area contributed by atoms with Crippen LogP contribution in [-0.2, 0) is 10.0 Å². The Morgan fingerprint density at radius 3 is 2.65 bits per heavy atom. The van der Waals surface area contributed by atoms with Gasteiger partial charge in [-0.2, -0.15) is 0 Å². The van der Waals surface area contributed by atoms with E-state index in [1.54, 1.807) is 30.8 Å². The van der Waals surface area contributed by atoms with Crippen molar-refractivity contribution >= 4 is 26.4 Å². The molecule has 0 spiro atoms. The molecule has 0 bridgehead atoms. The number of fused-ring (bicyclic) bond motifs is 3. The summed E-state index contributed by atoms with van der Waals surface area (Å²) in [4.78, 5) is 4.29. The number of nitrogens with two attached hydrogens (primary N) is 1. The third kappa shape index (κ3) is 3.43. The Morgan fingerprint density at radius 2 is 1.96 bits per heavy atom. The number of sulfonamides is 1. The summed E-state index contributed by atoms with van der Waals surface area (Å²) in [6, 6.07) is 7.66. The van der Waals surface area contributed by atoms with E-state index in [0.717, 1.165) is 16.4 Å². The second kappa shape index (κ2) is 5.47. The minimum Gasteiger partial charge on any atom is -0.476 e. The zero-order chi connectivity index (χ0) is 16.7. The summed E-state index contributed by atoms with van der Waals surface area (Å²) in [5.74, 6) is 0.277. The molecular weight excluding hydrogens is 316 g/mol. The second-order valence-electron chi connectivity index (χ2n) is 6.31. The summed E-state index contributed by atoms with van der Waals surface area (Å²) in [5.41, 5.74) is 0.122. The molecule has 7 nitrogen and oxygen atoms in total. The highest BCUT2D eigenvalue weighted by Crippen LogP contribution is 2.27. The molecule has 0 unspecified atom stereocenters. The van der Waals surface area contributed by atoms with Gasteiger partial charge in [-0.1, -0.05) is 32.0 Å². The van der Waals surface area contributed by atoms with Crippen molar-refractivity contribution in [1.82, 2.24) is 14.6 Å². The molecule has 0 aliphatic rings. The van der Waals surface area contributed by atoms with Crippen LogP contribution in [0.15, 0.2) is 36.7 Å². The van der Waals surface area contributed by atoms with Crippen LogP contribution in [0.4, 0.5) is 0 Å². The first-order valence-electron chi connectivity index (χ1n) is 7.11. The maximum atomic E-state index is 11.3. The quantitative estimate of drug-likeness (QED) is 0.763. The maximum Gasteiger partial charge on any atom is 0.239 e. The normalized spacial score (nSPS) is 12.8. The van der Waals surface area contributed by atoms with Gasteiger partial charge in [-0.25, -0.2) is 23.1 Å². The van der Waals surface area contributed by atoms with Gasteiger partial charge in [0, 0.05) is 28.6 Å². The largest absolute Gasteiger partial charge is 0.476 e. The Kier molecular flexibility index (Phi) is 3.73. The van der Waals surface area contributed by atoms with Crippen molar-refractivity contribution in [3.05, 3.63) is 36.7 Å². The molecule has 0 atom stereocenters. The van der Waals surface area contributed by atoms with Crippen molar-refractivity contribution in [3.8, 4) is 5.88 Å². The molecular formula is C15H18N4O3S. The lowest BCUT2D eigenvalue weighted by Gasteiger charge is -2.23. The number of benzene rings is 1. The van der Waals surface area contributed by atoms with E-state index in [1.165, 1.54) is 0 Å². The molecule has 3 rings (SSSR count). The number of aromatic nitrogens is 3. The molecule has 0 fully saturated rings. The van der Waals surface area contributed by atoms with Crippen molar-refractivity contribution in [1.29, 1.82) is 0 Å². The summed E-state index contributed by atoms with van der Waals surface area (Å²) in [6.45, 7) is 3.76. The van der Waals surface area contributed by atoms with Crippen LogP contribution >= 0.6 is 0 Å². The van der Waals surface area contributed by atoms with Gasteiger partial charge in [-0.05, 0) is 6.07 Å². The van der Waals surface area contributed by atoms with Crippen LogP contribution in [-0.4, -0.2) is 35.4 Å². The molecule has 3 aromatic rings. The number of hydrogen-bond donors (Lipinski definition) is 1. The van der Waals surface area contributed by atoms with E-state index in [4.69, 9.17) is 9.88 Å². The van der Waals surface area contributed by atoms with Crippen LogP contribution in [0, 0.1) is 5.41 Å². The fraction of sp³-hybridized carbons (Fsp3) is 0.333. The Bertz CT molecular complexity index is 963. The molecule has 0 aliphatic carbocycles. The summed E-state index contributed by atoms with van der Waals surface area (Å²) in [5, 5.41) is 11.3. The van der Waals surface area contributed by atoms with Gasteiger partial charge in [0.1, 0.15) is 0 Å². The fourth-order valence-electron chi connectivity index (χ4n) is 2.54. The van der Waals surface area contributed by atoms with Crippen molar-refractivity contribution in [3.63, 3.8) is 0 Å². The van der Waals surface area contributed by atoms with Gasteiger partial charge in [0.15, 0.2) is 5.65 Å². The average molecular weight is 334 g/mol. The molecule has 8 heteroatoms. The molecule has 2 heterocycles. The number of nitrogens with zero attached hydrogens (tertiary/aromatic N) is 3. The third-order valence-electron chi connectivity index (χ3n) is 3.41. The number of primary sulfonamides is 1. The SMILES string of the molecule is CC(C)(COc1nn2ccnc2c2ccccc12)CS(N)(=O)=O. The van der Waals surface area contributed by atoms with E-state index < -0.39 is 15.4 Å². The Hall–Kier alpha value is -2.19. The summed E-state index contributed by atoms with van der Waals surface area (Å²) in [6.07, 6.45) is 3.41. The van der Waals surface area contributed by atoms with Gasteiger partial charge < -0.3 is 4.74 Å². The Morgan fingerprint density at radius 1 is 1.26 bits per heavy atom. The lowest BCUT2D eigenvalue weighted by molar-refractivity contribution is 0.193. The Balaban J connectivity index is 1.96. The topological polar surface area (TPSA) is 99.6 Å². The predicted octanol–water partition coefficient (Wildman–Crippen LogP) is 1.58. The molecule has 0 radical (unpaired) electrons. The highest BCUT2D eigenvalue weighted by atomic mass is 32.2. The van der Waals surface area contributed by atoms with Gasteiger partial charge in [0.2, 0.25) is 15.9 Å². The Labute approximate surface area is 134 Å². The first-order chi connectivity index (χ1) is 10.8. The van der Waals surface area contributed by atoms with Crippen LogP contribution in [0.25, 0.3) is 16.4 Å². The molecule has 2 aromatic heterocycles. The maximum absolute atomic E-state index is 11.3. The van der Waals surface area contributed by atoms with Crippen molar-refractivity contribution in [2.75, 3.05) is 12.4 Å². The van der Waals surface area contributed by atoms with Gasteiger partial charge in [-0.15, -0.1) is 5.10 Å². The number of hydrogen-bond acceptors (Lipinski definition) is 5. The van der Waals surface area contributed by atoms with Crippen molar-refractivity contribution in [2.45, 2.75) is 13.8 Å². The molecule has 23 heavy (non-hydrogen) atoms. The highest BCUT2D eigenvalue weighted by molar-refractivity contribution is 7.89. The molecule has 0 amide bonds. The van der Waals surface area contributed by atoms with Crippen LogP contribution in [0.5, 0.6) is 5.88 Å². The first kappa shape index (κ1) is 15.7. The minimum atomic E-state index is -3.57. The lowest BCUT2D eigenvalue weighted by atomic mass is 9.98. The summed E-state index contributed by atoms with van der Waals surface area (Å²) < 4.78 is 30.1. The molecule has 0 aliphatic heterocycles. The van der Waals surface area contributed by atoms with Crippen molar-refractivity contribution < 1.29 is 13.2 Å². The standard InChI is InChI=1S/C15H18N4O3S/c1-15(2,10-23(16,20)21)9-22-14-12-6-4-3-5-11(12)13-17-7-8-19(13)18-14/h3-8H,9-10H2,1-2H3,(H2,16,20,21). The molecule has 0 saturated heterocycles. The van der Waals surface area contributed by atoms with E-state index in [-0.39, 0.29) is 12.4 Å². The number of ether oxygens (including phenoxy) is 1. The molecule has 0 saturated carbocycles. The second-order valence-corrected chi connectivity index (χ2v) is 7.92.